The highest BCUT2D eigenvalue weighted by molar-refractivity contribution is 6.18. The number of ether oxygens (including phenoxy) is 1. The molecule has 0 saturated heterocycles. The summed E-state index contributed by atoms with van der Waals surface area (Å²) >= 11 is 5.85. The van der Waals surface area contributed by atoms with E-state index >= 15 is 0 Å². The first kappa shape index (κ1) is 13.9. The van der Waals surface area contributed by atoms with Gasteiger partial charge in [-0.15, -0.1) is 11.6 Å². The van der Waals surface area contributed by atoms with Gasteiger partial charge in [0.2, 0.25) is 0 Å². The molecule has 5 heteroatoms. The Morgan fingerprint density at radius 1 is 1.32 bits per heavy atom. The number of phenolic OH excluding ortho intramolecular Hbond substituents is 1. The van der Waals surface area contributed by atoms with Crippen LogP contribution in [0.3, 0.4) is 0 Å². The van der Waals surface area contributed by atoms with Crippen molar-refractivity contribution < 1.29 is 9.84 Å². The molecule has 19 heavy (non-hydrogen) atoms. The summed E-state index contributed by atoms with van der Waals surface area (Å²) in [5.41, 5.74) is 0. The maximum atomic E-state index is 9.65. The Kier molecular flexibility index (Phi) is 4.82. The Balaban J connectivity index is 2.42. The molecule has 0 aliphatic heterocycles. The van der Waals surface area contributed by atoms with Crippen LogP contribution in [0.15, 0.2) is 30.5 Å². The fraction of sp³-hybridized carbons (Fsp3) is 0.357. The fourth-order valence-corrected chi connectivity index (χ4v) is 2.22. The molecule has 2 aromatic rings. The number of pyridine rings is 1. The van der Waals surface area contributed by atoms with Crippen LogP contribution < -0.4 is 4.90 Å². The van der Waals surface area contributed by atoms with E-state index in [-0.39, 0.29) is 5.75 Å². The highest BCUT2D eigenvalue weighted by Gasteiger charge is 2.11. The molecule has 0 saturated carbocycles. The second-order valence-electron chi connectivity index (χ2n) is 4.21. The average Bonchev–Trinajstić information content (AvgIpc) is 2.43. The van der Waals surface area contributed by atoms with Crippen molar-refractivity contribution >= 4 is 28.2 Å². The minimum absolute atomic E-state index is 0.235. The Bertz CT molecular complexity index is 548. The number of methoxy groups -OCH3 is 1. The minimum atomic E-state index is 0.235. The number of aromatic nitrogens is 1. The van der Waals surface area contributed by atoms with E-state index in [1.165, 1.54) is 0 Å². The summed E-state index contributed by atoms with van der Waals surface area (Å²) in [6, 6.07) is 7.21. The molecule has 2 rings (SSSR count). The molecule has 0 fully saturated rings. The van der Waals surface area contributed by atoms with Crippen LogP contribution >= 0.6 is 11.6 Å². The van der Waals surface area contributed by atoms with Gasteiger partial charge in [-0.3, -0.25) is 0 Å². The van der Waals surface area contributed by atoms with Gasteiger partial charge in [-0.2, -0.15) is 0 Å². The predicted octanol–water partition coefficient (Wildman–Crippen LogP) is 2.63. The van der Waals surface area contributed by atoms with Crippen molar-refractivity contribution in [3.8, 4) is 5.75 Å². The van der Waals surface area contributed by atoms with Gasteiger partial charge < -0.3 is 14.7 Å². The van der Waals surface area contributed by atoms with E-state index in [0.29, 0.717) is 25.6 Å². The summed E-state index contributed by atoms with van der Waals surface area (Å²) < 4.78 is 5.11. The molecule has 0 amide bonds. The molecule has 102 valence electrons. The van der Waals surface area contributed by atoms with Crippen LogP contribution in [-0.2, 0) is 4.74 Å². The van der Waals surface area contributed by atoms with E-state index in [0.717, 1.165) is 16.6 Å². The smallest absolute Gasteiger partial charge is 0.136 e. The number of alkyl halides is 1. The lowest BCUT2D eigenvalue weighted by Crippen LogP contribution is -2.30. The average molecular weight is 281 g/mol. The lowest BCUT2D eigenvalue weighted by Gasteiger charge is -2.23. The van der Waals surface area contributed by atoms with E-state index in [2.05, 4.69) is 9.88 Å². The first-order valence-corrected chi connectivity index (χ1v) is 6.67. The third-order valence-corrected chi connectivity index (χ3v) is 3.12. The minimum Gasteiger partial charge on any atom is -0.508 e. The molecule has 4 nitrogen and oxygen atoms in total. The molecule has 1 N–H and O–H groups in total. The van der Waals surface area contributed by atoms with Crippen LogP contribution in [0.25, 0.3) is 10.8 Å². The van der Waals surface area contributed by atoms with E-state index in [1.807, 2.05) is 12.1 Å². The van der Waals surface area contributed by atoms with Gasteiger partial charge in [-0.25, -0.2) is 4.98 Å². The quantitative estimate of drug-likeness (QED) is 0.826. The Hall–Kier alpha value is -1.52. The second-order valence-corrected chi connectivity index (χ2v) is 4.59. The number of anilines is 1. The number of nitrogens with zero attached hydrogens (tertiary/aromatic N) is 2. The number of hydrogen-bond donors (Lipinski definition) is 1. The third kappa shape index (κ3) is 3.28. The molecule has 1 heterocycles. The molecule has 0 spiro atoms. The molecule has 1 aromatic heterocycles. The Morgan fingerprint density at radius 2 is 2.16 bits per heavy atom. The molecule has 0 aliphatic carbocycles. The van der Waals surface area contributed by atoms with E-state index in [9.17, 15) is 5.11 Å². The summed E-state index contributed by atoms with van der Waals surface area (Å²) in [7, 11) is 1.67. The Labute approximate surface area is 117 Å². The zero-order valence-corrected chi connectivity index (χ0v) is 11.6. The van der Waals surface area contributed by atoms with Crippen molar-refractivity contribution in [2.45, 2.75) is 0 Å². The number of halogens is 1. The first-order valence-electron chi connectivity index (χ1n) is 6.14. The van der Waals surface area contributed by atoms with Gasteiger partial charge in [0.1, 0.15) is 11.6 Å². The van der Waals surface area contributed by atoms with Crippen LogP contribution in [0.2, 0.25) is 0 Å². The highest BCUT2D eigenvalue weighted by atomic mass is 35.5. The van der Waals surface area contributed by atoms with E-state index in [4.69, 9.17) is 16.3 Å². The van der Waals surface area contributed by atoms with Crippen LogP contribution in [0, 0.1) is 0 Å². The second kappa shape index (κ2) is 6.59. The largest absolute Gasteiger partial charge is 0.508 e. The molecule has 0 unspecified atom stereocenters. The summed E-state index contributed by atoms with van der Waals surface area (Å²) in [6.45, 7) is 2.01. The van der Waals surface area contributed by atoms with E-state index in [1.54, 1.807) is 25.4 Å². The number of rotatable bonds is 6. The molecular weight excluding hydrogens is 264 g/mol. The summed E-state index contributed by atoms with van der Waals surface area (Å²) in [5.74, 6) is 1.58. The maximum absolute atomic E-state index is 9.65. The van der Waals surface area contributed by atoms with Gasteiger partial charge in [0, 0.05) is 37.7 Å². The molecular formula is C14H17ClN2O2. The Morgan fingerprint density at radius 3 is 2.89 bits per heavy atom. The number of fused-ring (bicyclic) bond motifs is 1. The SMILES string of the molecule is COCCN(CCCl)c1nccc2ccc(O)cc12. The number of aromatic hydroxyl groups is 1. The highest BCUT2D eigenvalue weighted by Crippen LogP contribution is 2.27. The van der Waals surface area contributed by atoms with Gasteiger partial charge in [0.05, 0.1) is 6.61 Å². The van der Waals surface area contributed by atoms with Gasteiger partial charge >= 0.3 is 0 Å². The van der Waals surface area contributed by atoms with Crippen LogP contribution in [0.5, 0.6) is 5.75 Å². The van der Waals surface area contributed by atoms with Gasteiger partial charge in [-0.05, 0) is 23.6 Å². The number of hydrogen-bond acceptors (Lipinski definition) is 4. The fourth-order valence-electron chi connectivity index (χ4n) is 2.02. The van der Waals surface area contributed by atoms with Crippen molar-refractivity contribution in [2.24, 2.45) is 0 Å². The molecule has 1 aromatic carbocycles. The van der Waals surface area contributed by atoms with Crippen molar-refractivity contribution in [3.63, 3.8) is 0 Å². The topological polar surface area (TPSA) is 45.6 Å². The van der Waals surface area contributed by atoms with Gasteiger partial charge in [0.15, 0.2) is 0 Å². The van der Waals surface area contributed by atoms with Crippen LogP contribution in [0.1, 0.15) is 0 Å². The molecule has 0 aliphatic rings. The van der Waals surface area contributed by atoms with Crippen LogP contribution in [-0.4, -0.2) is 42.8 Å². The van der Waals surface area contributed by atoms with Gasteiger partial charge in [-0.1, -0.05) is 6.07 Å². The summed E-state index contributed by atoms with van der Waals surface area (Å²) in [5, 5.41) is 11.6. The van der Waals surface area contributed by atoms with Crippen molar-refractivity contribution in [3.05, 3.63) is 30.5 Å². The molecule has 0 atom stereocenters. The van der Waals surface area contributed by atoms with E-state index < -0.39 is 0 Å². The zero-order chi connectivity index (χ0) is 13.7. The predicted molar refractivity (Wildman–Crippen MR) is 78.2 cm³/mol. The van der Waals surface area contributed by atoms with Gasteiger partial charge in [0.25, 0.3) is 0 Å². The van der Waals surface area contributed by atoms with Crippen molar-refractivity contribution in [1.29, 1.82) is 0 Å². The lowest BCUT2D eigenvalue weighted by atomic mass is 10.1. The summed E-state index contributed by atoms with van der Waals surface area (Å²) in [4.78, 5) is 6.49. The molecule has 0 bridgehead atoms. The number of benzene rings is 1. The zero-order valence-electron chi connectivity index (χ0n) is 10.8. The maximum Gasteiger partial charge on any atom is 0.136 e. The number of phenols is 1. The monoisotopic (exact) mass is 280 g/mol. The normalized spacial score (nSPS) is 10.8. The summed E-state index contributed by atoms with van der Waals surface area (Å²) in [6.07, 6.45) is 1.77. The third-order valence-electron chi connectivity index (χ3n) is 2.95. The first-order chi connectivity index (χ1) is 9.26. The van der Waals surface area contributed by atoms with Crippen molar-refractivity contribution in [2.75, 3.05) is 37.6 Å². The molecule has 0 radical (unpaired) electrons. The lowest BCUT2D eigenvalue weighted by molar-refractivity contribution is 0.205. The van der Waals surface area contributed by atoms with Crippen LogP contribution in [0.4, 0.5) is 5.82 Å². The van der Waals surface area contributed by atoms with Crippen molar-refractivity contribution in [1.82, 2.24) is 4.98 Å². The standard InChI is InChI=1S/C14H17ClN2O2/c1-19-9-8-17(7-5-15)14-13-10-12(18)3-2-11(13)4-6-16-14/h2-4,6,10,18H,5,7-9H2,1H3.